The zero-order valence-corrected chi connectivity index (χ0v) is 15.6. The maximum absolute atomic E-state index is 5.09. The van der Waals surface area contributed by atoms with Crippen molar-refractivity contribution in [2.75, 3.05) is 6.61 Å². The van der Waals surface area contributed by atoms with E-state index in [1.807, 2.05) is 54.2 Å². The summed E-state index contributed by atoms with van der Waals surface area (Å²) in [4.78, 5) is 0. The van der Waals surface area contributed by atoms with Crippen LogP contribution in [0.15, 0.2) is 50.1 Å². The van der Waals surface area contributed by atoms with E-state index in [0.29, 0.717) is 6.10 Å². The minimum Gasteiger partial charge on any atom is -1.00 e. The van der Waals surface area contributed by atoms with E-state index in [-0.39, 0.29) is 34.0 Å². The number of ether oxygens (including phenoxy) is 1. The topological polar surface area (TPSA) is 30.1 Å². The lowest BCUT2D eigenvalue weighted by Crippen LogP contribution is -3.00. The second-order valence-corrected chi connectivity index (χ2v) is 4.80. The summed E-state index contributed by atoms with van der Waals surface area (Å²) >= 11 is 0. The molecule has 3 rings (SSSR count). The predicted molar refractivity (Wildman–Crippen MR) is 71.2 cm³/mol. The summed E-state index contributed by atoms with van der Waals surface area (Å²) in [6.07, 6.45) is 14.5. The van der Waals surface area contributed by atoms with Crippen molar-refractivity contribution in [1.82, 2.24) is 9.13 Å². The number of hydrogen-bond donors (Lipinski definition) is 0. The van der Waals surface area contributed by atoms with Gasteiger partial charge in [0.25, 0.3) is 0 Å². The Morgan fingerprint density at radius 3 is 2.05 bits per heavy atom. The fourth-order valence-electron chi connectivity index (χ4n) is 1.78. The number of nitrogens with zero attached hydrogens (tertiary/aromatic N) is 4. The van der Waals surface area contributed by atoms with Gasteiger partial charge < -0.3 is 38.7 Å². The molecule has 0 amide bonds. The molecule has 0 aliphatic carbocycles. The highest BCUT2D eigenvalue weighted by atomic mass is 79.9. The zero-order chi connectivity index (χ0) is 13.7. The van der Waals surface area contributed by atoms with E-state index in [0.717, 1.165) is 19.7 Å². The van der Waals surface area contributed by atoms with Crippen molar-refractivity contribution in [3.05, 3.63) is 50.1 Å². The van der Waals surface area contributed by atoms with Crippen molar-refractivity contribution in [3.8, 4) is 0 Å². The Kier molecular flexibility index (Phi) is 9.48. The van der Waals surface area contributed by atoms with E-state index in [2.05, 4.69) is 28.2 Å². The van der Waals surface area contributed by atoms with Gasteiger partial charge in [-0.15, -0.1) is 0 Å². The molecule has 1 atom stereocenters. The molecule has 21 heavy (non-hydrogen) atoms. The van der Waals surface area contributed by atoms with Gasteiger partial charge in [0, 0.05) is 0 Å². The lowest BCUT2D eigenvalue weighted by Gasteiger charge is -1.86. The molecule has 0 saturated carbocycles. The quantitative estimate of drug-likeness (QED) is 0.275. The largest absolute Gasteiger partial charge is 1.00 e. The monoisotopic (exact) mass is 420 g/mol. The molecular weight excluding hydrogens is 400 g/mol. The Labute approximate surface area is 147 Å². The smallest absolute Gasteiger partial charge is 0.243 e. The Morgan fingerprint density at radius 1 is 1.14 bits per heavy atom. The Morgan fingerprint density at radius 2 is 1.67 bits per heavy atom. The van der Waals surface area contributed by atoms with E-state index in [1.54, 1.807) is 0 Å². The number of imidazole rings is 2. The number of epoxide rings is 1. The normalized spacial score (nSPS) is 15.0. The second-order valence-electron chi connectivity index (χ2n) is 4.80. The molecule has 1 aliphatic rings. The number of halogens is 2. The van der Waals surface area contributed by atoms with Gasteiger partial charge in [-0.25, -0.2) is 18.3 Å². The highest BCUT2D eigenvalue weighted by molar-refractivity contribution is 4.74. The van der Waals surface area contributed by atoms with Crippen molar-refractivity contribution in [2.24, 2.45) is 14.1 Å². The molecule has 0 N–H and O–H groups in total. The summed E-state index contributed by atoms with van der Waals surface area (Å²) in [7, 11) is 4.02. The van der Waals surface area contributed by atoms with Crippen molar-refractivity contribution in [1.29, 1.82) is 0 Å². The van der Waals surface area contributed by atoms with Crippen LogP contribution in [0.5, 0.6) is 0 Å². The Hall–Kier alpha value is -0.920. The Bertz CT molecular complexity index is 535. The van der Waals surface area contributed by atoms with Crippen LogP contribution in [-0.4, -0.2) is 21.8 Å². The molecule has 118 valence electrons. The van der Waals surface area contributed by atoms with Gasteiger partial charge in [0.2, 0.25) is 12.7 Å². The van der Waals surface area contributed by atoms with Gasteiger partial charge in [0.05, 0.1) is 20.7 Å². The third-order valence-electron chi connectivity index (χ3n) is 2.80. The van der Waals surface area contributed by atoms with Crippen LogP contribution in [0.25, 0.3) is 0 Å². The van der Waals surface area contributed by atoms with Gasteiger partial charge >= 0.3 is 0 Å². The fourth-order valence-corrected chi connectivity index (χ4v) is 1.78. The number of rotatable bonds is 4. The molecule has 1 aliphatic heterocycles. The summed E-state index contributed by atoms with van der Waals surface area (Å²) in [6.45, 7) is 6.46. The SMILES string of the molecule is C=CCn1cc[n+](C)c1.C[n+]1ccn(CC2CO2)c1.[Br-].[Br-]. The molecule has 0 aromatic carbocycles. The van der Waals surface area contributed by atoms with Crippen LogP contribution in [0.3, 0.4) is 0 Å². The van der Waals surface area contributed by atoms with Gasteiger partial charge in [-0.3, -0.25) is 0 Å². The maximum Gasteiger partial charge on any atom is 0.243 e. The van der Waals surface area contributed by atoms with Gasteiger partial charge in [-0.2, -0.15) is 0 Å². The van der Waals surface area contributed by atoms with E-state index in [9.17, 15) is 0 Å². The van der Waals surface area contributed by atoms with Crippen molar-refractivity contribution >= 4 is 0 Å². The first-order valence-corrected chi connectivity index (χ1v) is 6.42. The number of hydrogen-bond acceptors (Lipinski definition) is 1. The van der Waals surface area contributed by atoms with Crippen LogP contribution in [0.4, 0.5) is 0 Å². The van der Waals surface area contributed by atoms with E-state index in [1.165, 1.54) is 0 Å². The average Bonchev–Trinajstić information content (AvgIpc) is 2.95. The summed E-state index contributed by atoms with van der Waals surface area (Å²) in [5, 5.41) is 0. The molecule has 3 heterocycles. The first-order valence-electron chi connectivity index (χ1n) is 6.42. The van der Waals surface area contributed by atoms with Crippen molar-refractivity contribution < 1.29 is 47.8 Å². The van der Waals surface area contributed by atoms with Crippen molar-refractivity contribution in [2.45, 2.75) is 19.2 Å². The molecule has 2 aromatic heterocycles. The molecular formula is C14H22Br2N4O. The standard InChI is InChI=1S/C7H11N2O.C7H11N2.2BrH/c1-8-2-3-9(6-8)4-7-5-10-7;1-3-4-9-6-5-8(2)7-9;;/h2-3,6-7H,4-5H2,1H3;3,5-7H,1,4H2,2H3;2*1H/q2*+1;;/p-2. The maximum atomic E-state index is 5.09. The van der Waals surface area contributed by atoms with Crippen LogP contribution >= 0.6 is 0 Å². The van der Waals surface area contributed by atoms with E-state index < -0.39 is 0 Å². The summed E-state index contributed by atoms with van der Waals surface area (Å²) in [6, 6.07) is 0. The van der Waals surface area contributed by atoms with Crippen LogP contribution < -0.4 is 43.1 Å². The van der Waals surface area contributed by atoms with Gasteiger partial charge in [0.1, 0.15) is 44.0 Å². The third kappa shape index (κ3) is 7.59. The summed E-state index contributed by atoms with van der Waals surface area (Å²) < 4.78 is 13.3. The molecule has 5 nitrogen and oxygen atoms in total. The van der Waals surface area contributed by atoms with Gasteiger partial charge in [0.15, 0.2) is 0 Å². The third-order valence-corrected chi connectivity index (χ3v) is 2.80. The molecule has 0 bridgehead atoms. The van der Waals surface area contributed by atoms with E-state index >= 15 is 0 Å². The summed E-state index contributed by atoms with van der Waals surface area (Å²) in [5.74, 6) is 0. The lowest BCUT2D eigenvalue weighted by molar-refractivity contribution is -0.671. The Balaban J connectivity index is 0.000000350. The van der Waals surface area contributed by atoms with Crippen LogP contribution in [0.1, 0.15) is 0 Å². The first kappa shape index (κ1) is 20.1. The van der Waals surface area contributed by atoms with Crippen LogP contribution in [-0.2, 0) is 31.9 Å². The highest BCUT2D eigenvalue weighted by Crippen LogP contribution is 2.10. The van der Waals surface area contributed by atoms with Crippen molar-refractivity contribution in [3.63, 3.8) is 0 Å². The number of allylic oxidation sites excluding steroid dienone is 1. The van der Waals surface area contributed by atoms with E-state index in [4.69, 9.17) is 4.74 Å². The summed E-state index contributed by atoms with van der Waals surface area (Å²) in [5.41, 5.74) is 0. The second kappa shape index (κ2) is 9.92. The molecule has 0 radical (unpaired) electrons. The highest BCUT2D eigenvalue weighted by Gasteiger charge is 2.25. The molecule has 7 heteroatoms. The molecule has 1 saturated heterocycles. The number of aromatic nitrogens is 4. The first-order chi connectivity index (χ1) is 9.17. The molecule has 1 fully saturated rings. The van der Waals surface area contributed by atoms with Crippen LogP contribution in [0.2, 0.25) is 0 Å². The lowest BCUT2D eigenvalue weighted by atomic mass is 10.5. The molecule has 2 aromatic rings. The van der Waals surface area contributed by atoms with Gasteiger partial charge in [-0.05, 0) is 0 Å². The van der Waals surface area contributed by atoms with Gasteiger partial charge in [-0.1, -0.05) is 12.7 Å². The van der Waals surface area contributed by atoms with Crippen LogP contribution in [0, 0.1) is 0 Å². The average molecular weight is 422 g/mol. The predicted octanol–water partition coefficient (Wildman–Crippen LogP) is -5.78. The minimum atomic E-state index is 0. The zero-order valence-electron chi connectivity index (χ0n) is 12.4. The fraction of sp³-hybridized carbons (Fsp3) is 0.429. The number of aryl methyl sites for hydroxylation is 2. The minimum absolute atomic E-state index is 0. The molecule has 1 unspecified atom stereocenters. The molecule has 0 spiro atoms.